The van der Waals surface area contributed by atoms with Crippen LogP contribution in [-0.4, -0.2) is 36.0 Å². The Morgan fingerprint density at radius 3 is 2.06 bits per heavy atom. The summed E-state index contributed by atoms with van der Waals surface area (Å²) < 4.78 is 0. The lowest BCUT2D eigenvalue weighted by Gasteiger charge is -2.34. The van der Waals surface area contributed by atoms with Gasteiger partial charge in [-0.3, -0.25) is 4.79 Å². The largest absolute Gasteiger partial charge is 0.368 e. The van der Waals surface area contributed by atoms with Gasteiger partial charge in [0, 0.05) is 12.6 Å². The first-order valence-corrected chi connectivity index (χ1v) is 5.75. The second-order valence-corrected chi connectivity index (χ2v) is 6.31. The van der Waals surface area contributed by atoms with Gasteiger partial charge in [-0.05, 0) is 32.7 Å². The van der Waals surface area contributed by atoms with Crippen molar-refractivity contribution >= 4 is 5.91 Å². The maximum absolute atomic E-state index is 11.1. The maximum atomic E-state index is 11.1. The van der Waals surface area contributed by atoms with E-state index in [1.54, 1.807) is 6.92 Å². The van der Waals surface area contributed by atoms with Gasteiger partial charge in [-0.1, -0.05) is 20.8 Å². The molecule has 0 heterocycles. The summed E-state index contributed by atoms with van der Waals surface area (Å²) >= 11 is 0. The number of carbonyl (C=O) groups is 1. The van der Waals surface area contributed by atoms with Crippen molar-refractivity contribution in [1.82, 2.24) is 4.90 Å². The van der Waals surface area contributed by atoms with Crippen LogP contribution in [0.1, 0.15) is 41.0 Å². The number of hydrogen-bond donors (Lipinski definition) is 2. The van der Waals surface area contributed by atoms with E-state index in [2.05, 4.69) is 32.6 Å². The molecule has 0 aliphatic rings. The Hall–Kier alpha value is -0.610. The highest BCUT2D eigenvalue weighted by Gasteiger charge is 2.30. The van der Waals surface area contributed by atoms with E-state index in [1.165, 1.54) is 0 Å². The van der Waals surface area contributed by atoms with Crippen LogP contribution in [0.2, 0.25) is 0 Å². The molecule has 0 fully saturated rings. The van der Waals surface area contributed by atoms with Crippen LogP contribution >= 0.6 is 0 Å². The smallest absolute Gasteiger partial charge is 0.237 e. The lowest BCUT2D eigenvalue weighted by atomic mass is 9.91. The molecule has 0 aromatic carbocycles. The van der Waals surface area contributed by atoms with Crippen molar-refractivity contribution in [2.75, 3.05) is 13.6 Å². The molecule has 4 heteroatoms. The van der Waals surface area contributed by atoms with Gasteiger partial charge in [-0.2, -0.15) is 0 Å². The molecule has 0 rings (SSSR count). The van der Waals surface area contributed by atoms with Crippen molar-refractivity contribution in [3.8, 4) is 0 Å². The monoisotopic (exact) mass is 229 g/mol. The number of nitrogens with zero attached hydrogens (tertiary/aromatic N) is 1. The van der Waals surface area contributed by atoms with E-state index < -0.39 is 11.4 Å². The van der Waals surface area contributed by atoms with E-state index in [0.29, 0.717) is 6.42 Å². The fraction of sp³-hybridized carbons (Fsp3) is 0.917. The van der Waals surface area contributed by atoms with Crippen LogP contribution in [0, 0.1) is 5.41 Å². The molecule has 96 valence electrons. The Kier molecular flexibility index (Phi) is 4.95. The van der Waals surface area contributed by atoms with E-state index in [-0.39, 0.29) is 11.5 Å². The fourth-order valence-corrected chi connectivity index (χ4v) is 1.77. The average molecular weight is 229 g/mol. The van der Waals surface area contributed by atoms with Crippen molar-refractivity contribution in [1.29, 1.82) is 0 Å². The third-order valence-corrected chi connectivity index (χ3v) is 2.76. The molecular weight excluding hydrogens is 202 g/mol. The van der Waals surface area contributed by atoms with Crippen LogP contribution in [0.4, 0.5) is 0 Å². The van der Waals surface area contributed by atoms with E-state index >= 15 is 0 Å². The molecule has 4 nitrogen and oxygen atoms in total. The normalized spacial score (nSPS) is 18.2. The highest BCUT2D eigenvalue weighted by Crippen LogP contribution is 2.19. The predicted molar refractivity (Wildman–Crippen MR) is 68.0 cm³/mol. The SMILES string of the molecule is CC(CC(C)(N)C(N)=O)N(C)CC(C)(C)C. The van der Waals surface area contributed by atoms with Gasteiger partial charge in [0.25, 0.3) is 0 Å². The summed E-state index contributed by atoms with van der Waals surface area (Å²) in [7, 11) is 2.05. The number of primary amides is 1. The molecule has 0 aliphatic carbocycles. The Morgan fingerprint density at radius 1 is 1.31 bits per heavy atom. The Labute approximate surface area is 99.4 Å². The van der Waals surface area contributed by atoms with E-state index in [4.69, 9.17) is 11.5 Å². The summed E-state index contributed by atoms with van der Waals surface area (Å²) in [5.74, 6) is -0.441. The lowest BCUT2D eigenvalue weighted by molar-refractivity contribution is -0.123. The molecule has 0 aliphatic heterocycles. The molecule has 0 radical (unpaired) electrons. The van der Waals surface area contributed by atoms with Crippen molar-refractivity contribution in [2.45, 2.75) is 52.6 Å². The summed E-state index contributed by atoms with van der Waals surface area (Å²) in [5.41, 5.74) is 10.4. The molecular formula is C12H27N3O. The number of hydrogen-bond acceptors (Lipinski definition) is 3. The molecule has 0 saturated carbocycles. The second-order valence-electron chi connectivity index (χ2n) is 6.31. The highest BCUT2D eigenvalue weighted by molar-refractivity contribution is 5.83. The van der Waals surface area contributed by atoms with Gasteiger partial charge >= 0.3 is 0 Å². The molecule has 1 amide bonds. The molecule has 2 unspecified atom stereocenters. The van der Waals surface area contributed by atoms with E-state index in [1.807, 2.05) is 7.05 Å². The summed E-state index contributed by atoms with van der Waals surface area (Å²) in [5, 5.41) is 0. The van der Waals surface area contributed by atoms with E-state index in [0.717, 1.165) is 6.54 Å². The third-order valence-electron chi connectivity index (χ3n) is 2.76. The molecule has 2 atom stereocenters. The summed E-state index contributed by atoms with van der Waals surface area (Å²) in [6, 6.07) is 0.238. The van der Waals surface area contributed by atoms with Crippen molar-refractivity contribution < 1.29 is 4.79 Å². The fourth-order valence-electron chi connectivity index (χ4n) is 1.77. The lowest BCUT2D eigenvalue weighted by Crippen LogP contribution is -2.53. The quantitative estimate of drug-likeness (QED) is 0.737. The second kappa shape index (κ2) is 5.15. The number of rotatable bonds is 5. The minimum absolute atomic E-state index is 0.237. The minimum atomic E-state index is -0.925. The topological polar surface area (TPSA) is 72.3 Å². The molecule has 0 spiro atoms. The molecule has 16 heavy (non-hydrogen) atoms. The number of nitrogens with two attached hydrogens (primary N) is 2. The zero-order valence-electron chi connectivity index (χ0n) is 11.5. The van der Waals surface area contributed by atoms with Crippen LogP contribution in [0.3, 0.4) is 0 Å². The van der Waals surface area contributed by atoms with Crippen molar-refractivity contribution in [2.24, 2.45) is 16.9 Å². The maximum Gasteiger partial charge on any atom is 0.237 e. The average Bonchev–Trinajstić information content (AvgIpc) is 1.99. The van der Waals surface area contributed by atoms with Crippen LogP contribution in [-0.2, 0) is 4.79 Å². The Bertz CT molecular complexity index is 243. The zero-order chi connectivity index (χ0) is 13.1. The van der Waals surface area contributed by atoms with Gasteiger partial charge in [0.1, 0.15) is 0 Å². The number of carbonyl (C=O) groups excluding carboxylic acids is 1. The summed E-state index contributed by atoms with van der Waals surface area (Å²) in [4.78, 5) is 13.4. The Morgan fingerprint density at radius 2 is 1.75 bits per heavy atom. The van der Waals surface area contributed by atoms with Crippen LogP contribution in [0.15, 0.2) is 0 Å². The van der Waals surface area contributed by atoms with Gasteiger partial charge in [-0.15, -0.1) is 0 Å². The molecule has 0 aromatic heterocycles. The van der Waals surface area contributed by atoms with Gasteiger partial charge < -0.3 is 16.4 Å². The van der Waals surface area contributed by atoms with Gasteiger partial charge in [0.15, 0.2) is 0 Å². The zero-order valence-corrected chi connectivity index (χ0v) is 11.5. The van der Waals surface area contributed by atoms with Crippen LogP contribution in [0.25, 0.3) is 0 Å². The number of amides is 1. The van der Waals surface area contributed by atoms with Crippen molar-refractivity contribution in [3.63, 3.8) is 0 Å². The molecule has 0 bridgehead atoms. The predicted octanol–water partition coefficient (Wildman–Crippen LogP) is 0.946. The van der Waals surface area contributed by atoms with Crippen LogP contribution < -0.4 is 11.5 Å². The summed E-state index contributed by atoms with van der Waals surface area (Å²) in [6.45, 7) is 11.3. The Balaban J connectivity index is 4.36. The van der Waals surface area contributed by atoms with Crippen LogP contribution in [0.5, 0.6) is 0 Å². The minimum Gasteiger partial charge on any atom is -0.368 e. The van der Waals surface area contributed by atoms with Crippen molar-refractivity contribution in [3.05, 3.63) is 0 Å². The van der Waals surface area contributed by atoms with Gasteiger partial charge in [-0.25, -0.2) is 0 Å². The van der Waals surface area contributed by atoms with Gasteiger partial charge in [0.2, 0.25) is 5.91 Å². The molecule has 0 saturated heterocycles. The standard InChI is InChI=1S/C12H27N3O/c1-9(7-12(5,14)10(13)16)15(6)8-11(2,3)4/h9H,7-8,14H2,1-6H3,(H2,13,16). The van der Waals surface area contributed by atoms with E-state index in [9.17, 15) is 4.79 Å². The molecule has 0 aromatic rings. The first kappa shape index (κ1) is 15.4. The molecule has 4 N–H and O–H groups in total. The summed E-state index contributed by atoms with van der Waals surface area (Å²) in [6.07, 6.45) is 0.578. The third kappa shape index (κ3) is 5.47. The first-order valence-electron chi connectivity index (χ1n) is 5.75. The highest BCUT2D eigenvalue weighted by atomic mass is 16.1. The first-order chi connectivity index (χ1) is 6.96. The van der Waals surface area contributed by atoms with Gasteiger partial charge in [0.05, 0.1) is 5.54 Å².